The molecular formula is C17H22N4O3S. The van der Waals surface area contributed by atoms with E-state index in [1.807, 2.05) is 13.8 Å². The molecule has 25 heavy (non-hydrogen) atoms. The number of benzene rings is 1. The van der Waals surface area contributed by atoms with Crippen molar-refractivity contribution in [3.63, 3.8) is 0 Å². The number of nitrogens with one attached hydrogen (secondary N) is 2. The second-order valence-corrected chi connectivity index (χ2v) is 6.87. The molecule has 0 bridgehead atoms. The number of hydrogen-bond donors (Lipinski definition) is 2. The fourth-order valence-corrected chi connectivity index (χ4v) is 2.56. The number of carbonyl (C=O) groups is 2. The average Bonchev–Trinajstić information content (AvgIpc) is 3.01. The van der Waals surface area contributed by atoms with E-state index >= 15 is 0 Å². The Balaban J connectivity index is 1.80. The van der Waals surface area contributed by atoms with Gasteiger partial charge in [0.1, 0.15) is 5.01 Å². The lowest BCUT2D eigenvalue weighted by molar-refractivity contribution is 0.0757. The lowest BCUT2D eigenvalue weighted by atomic mass is 10.2. The fourth-order valence-electron chi connectivity index (χ4n) is 1.97. The minimum atomic E-state index is -0.312. The van der Waals surface area contributed by atoms with E-state index in [2.05, 4.69) is 20.8 Å². The highest BCUT2D eigenvalue weighted by Gasteiger charge is 2.12. The number of nitrogens with zero attached hydrogens (tertiary/aromatic N) is 2. The summed E-state index contributed by atoms with van der Waals surface area (Å²) in [7, 11) is 0. The van der Waals surface area contributed by atoms with Crippen molar-refractivity contribution in [2.75, 3.05) is 18.5 Å². The summed E-state index contributed by atoms with van der Waals surface area (Å²) in [5.41, 5.74) is 1.13. The summed E-state index contributed by atoms with van der Waals surface area (Å²) in [5.74, 6) is -0.463. The van der Waals surface area contributed by atoms with E-state index in [9.17, 15) is 9.59 Å². The lowest BCUT2D eigenvalue weighted by Gasteiger charge is -2.09. The zero-order valence-electron chi connectivity index (χ0n) is 14.5. The summed E-state index contributed by atoms with van der Waals surface area (Å²) >= 11 is 1.23. The van der Waals surface area contributed by atoms with Crippen LogP contribution in [0.1, 0.15) is 45.4 Å². The summed E-state index contributed by atoms with van der Waals surface area (Å²) in [6.45, 7) is 6.92. The van der Waals surface area contributed by atoms with Crippen LogP contribution in [-0.2, 0) is 4.74 Å². The van der Waals surface area contributed by atoms with Gasteiger partial charge in [-0.1, -0.05) is 11.3 Å². The SMILES string of the molecule is Cc1nnc(C(=O)Nc2ccc(C(=O)NCCCOC(C)C)cc2)s1. The maximum Gasteiger partial charge on any atom is 0.286 e. The van der Waals surface area contributed by atoms with Gasteiger partial charge in [-0.3, -0.25) is 9.59 Å². The molecule has 1 aromatic carbocycles. The average molecular weight is 362 g/mol. The molecule has 2 amide bonds. The predicted octanol–water partition coefficient (Wildman–Crippen LogP) is 2.64. The Morgan fingerprint density at radius 1 is 1.16 bits per heavy atom. The van der Waals surface area contributed by atoms with Gasteiger partial charge in [-0.15, -0.1) is 10.2 Å². The van der Waals surface area contributed by atoms with Crippen LogP contribution in [-0.4, -0.2) is 41.3 Å². The van der Waals surface area contributed by atoms with Crippen LogP contribution in [0.5, 0.6) is 0 Å². The first-order valence-electron chi connectivity index (χ1n) is 8.07. The topological polar surface area (TPSA) is 93.2 Å². The molecule has 0 spiro atoms. The molecule has 2 aromatic rings. The molecule has 134 valence electrons. The minimum absolute atomic E-state index is 0.151. The molecular weight excluding hydrogens is 340 g/mol. The van der Waals surface area contributed by atoms with E-state index in [0.717, 1.165) is 11.4 Å². The second-order valence-electron chi connectivity index (χ2n) is 5.69. The van der Waals surface area contributed by atoms with Gasteiger partial charge >= 0.3 is 0 Å². The number of carbonyl (C=O) groups excluding carboxylic acids is 2. The second kappa shape index (κ2) is 9.24. The van der Waals surface area contributed by atoms with Gasteiger partial charge in [-0.25, -0.2) is 0 Å². The smallest absolute Gasteiger partial charge is 0.286 e. The summed E-state index contributed by atoms with van der Waals surface area (Å²) in [5, 5.41) is 14.2. The first kappa shape index (κ1) is 19.0. The lowest BCUT2D eigenvalue weighted by Crippen LogP contribution is -2.25. The maximum absolute atomic E-state index is 12.0. The van der Waals surface area contributed by atoms with Crippen LogP contribution in [0.2, 0.25) is 0 Å². The van der Waals surface area contributed by atoms with Crippen molar-refractivity contribution in [3.8, 4) is 0 Å². The number of ether oxygens (including phenoxy) is 1. The van der Waals surface area contributed by atoms with Gasteiger partial charge in [0.05, 0.1) is 6.10 Å². The third-order valence-corrected chi connectivity index (χ3v) is 4.02. The van der Waals surface area contributed by atoms with Crippen molar-refractivity contribution in [2.24, 2.45) is 0 Å². The van der Waals surface area contributed by atoms with Crippen LogP contribution < -0.4 is 10.6 Å². The molecule has 0 aliphatic carbocycles. The van der Waals surface area contributed by atoms with Crippen molar-refractivity contribution in [1.82, 2.24) is 15.5 Å². The van der Waals surface area contributed by atoms with Gasteiger partial charge in [0.25, 0.3) is 11.8 Å². The number of rotatable bonds is 8. The number of aromatic nitrogens is 2. The van der Waals surface area contributed by atoms with Gasteiger partial charge in [-0.2, -0.15) is 0 Å². The molecule has 7 nitrogen and oxygen atoms in total. The Labute approximate surface area is 150 Å². The van der Waals surface area contributed by atoms with Crippen LogP contribution in [0.4, 0.5) is 5.69 Å². The third-order valence-electron chi connectivity index (χ3n) is 3.18. The maximum atomic E-state index is 12.0. The van der Waals surface area contributed by atoms with E-state index in [1.54, 1.807) is 31.2 Å². The van der Waals surface area contributed by atoms with E-state index in [1.165, 1.54) is 11.3 Å². The van der Waals surface area contributed by atoms with E-state index in [-0.39, 0.29) is 17.9 Å². The molecule has 2 N–H and O–H groups in total. The van der Waals surface area contributed by atoms with Crippen LogP contribution in [0.25, 0.3) is 0 Å². The van der Waals surface area contributed by atoms with E-state index < -0.39 is 0 Å². The van der Waals surface area contributed by atoms with Gasteiger partial charge in [0.2, 0.25) is 5.01 Å². The molecule has 2 rings (SSSR count). The van der Waals surface area contributed by atoms with Crippen molar-refractivity contribution in [3.05, 3.63) is 39.8 Å². The molecule has 0 aliphatic rings. The minimum Gasteiger partial charge on any atom is -0.379 e. The third kappa shape index (κ3) is 6.24. The van der Waals surface area contributed by atoms with Gasteiger partial charge < -0.3 is 15.4 Å². The zero-order chi connectivity index (χ0) is 18.2. The number of amides is 2. The molecule has 0 unspecified atom stereocenters. The van der Waals surface area contributed by atoms with Crippen LogP contribution in [0, 0.1) is 6.92 Å². The summed E-state index contributed by atoms with van der Waals surface area (Å²) in [6.07, 6.45) is 0.960. The Morgan fingerprint density at radius 3 is 2.48 bits per heavy atom. The molecule has 0 aliphatic heterocycles. The molecule has 8 heteroatoms. The Hall–Kier alpha value is -2.32. The highest BCUT2D eigenvalue weighted by atomic mass is 32.1. The van der Waals surface area contributed by atoms with Gasteiger partial charge in [0, 0.05) is 24.4 Å². The fraction of sp³-hybridized carbons (Fsp3) is 0.412. The normalized spacial score (nSPS) is 10.7. The first-order valence-corrected chi connectivity index (χ1v) is 8.88. The highest BCUT2D eigenvalue weighted by Crippen LogP contribution is 2.13. The quantitative estimate of drug-likeness (QED) is 0.704. The number of anilines is 1. The number of aryl methyl sites for hydroxylation is 1. The first-order chi connectivity index (χ1) is 12.0. The van der Waals surface area contributed by atoms with Crippen LogP contribution in [0.15, 0.2) is 24.3 Å². The molecule has 0 saturated heterocycles. The predicted molar refractivity (Wildman–Crippen MR) is 97.1 cm³/mol. The standard InChI is InChI=1S/C17H22N4O3S/c1-11(2)24-10-4-9-18-15(22)13-5-7-14(8-6-13)19-16(23)17-21-20-12(3)25-17/h5-8,11H,4,9-10H2,1-3H3,(H,18,22)(H,19,23). The molecule has 0 fully saturated rings. The highest BCUT2D eigenvalue weighted by molar-refractivity contribution is 7.13. The van der Waals surface area contributed by atoms with Crippen LogP contribution >= 0.6 is 11.3 Å². The van der Waals surface area contributed by atoms with E-state index in [4.69, 9.17) is 4.74 Å². The van der Waals surface area contributed by atoms with Gasteiger partial charge in [0.15, 0.2) is 0 Å². The van der Waals surface area contributed by atoms with E-state index in [0.29, 0.717) is 29.4 Å². The molecule has 1 heterocycles. The summed E-state index contributed by atoms with van der Waals surface area (Å²) < 4.78 is 5.42. The van der Waals surface area contributed by atoms with Crippen molar-refractivity contribution < 1.29 is 14.3 Å². The Kier molecular flexibility index (Phi) is 7.03. The van der Waals surface area contributed by atoms with Crippen molar-refractivity contribution in [2.45, 2.75) is 33.3 Å². The number of hydrogen-bond acceptors (Lipinski definition) is 6. The Bertz CT molecular complexity index is 713. The van der Waals surface area contributed by atoms with Crippen molar-refractivity contribution >= 4 is 28.8 Å². The van der Waals surface area contributed by atoms with Crippen molar-refractivity contribution in [1.29, 1.82) is 0 Å². The molecule has 0 atom stereocenters. The summed E-state index contributed by atoms with van der Waals surface area (Å²) in [4.78, 5) is 24.0. The zero-order valence-corrected chi connectivity index (χ0v) is 15.4. The van der Waals surface area contributed by atoms with Gasteiger partial charge in [-0.05, 0) is 51.5 Å². The summed E-state index contributed by atoms with van der Waals surface area (Å²) in [6, 6.07) is 6.70. The molecule has 0 radical (unpaired) electrons. The van der Waals surface area contributed by atoms with Crippen LogP contribution in [0.3, 0.4) is 0 Å². The largest absolute Gasteiger partial charge is 0.379 e. The Morgan fingerprint density at radius 2 is 1.88 bits per heavy atom. The molecule has 1 aromatic heterocycles. The monoisotopic (exact) mass is 362 g/mol. The molecule has 0 saturated carbocycles.